The lowest BCUT2D eigenvalue weighted by Crippen LogP contribution is -2.38. The van der Waals surface area contributed by atoms with Crippen LogP contribution in [0.1, 0.15) is 19.3 Å². The fourth-order valence-electron chi connectivity index (χ4n) is 2.20. The molecule has 0 radical (unpaired) electrons. The van der Waals surface area contributed by atoms with Gasteiger partial charge in [0.15, 0.2) is 9.84 Å². The molecular formula is C12H19NO5S2. The molecule has 1 aliphatic carbocycles. The molecule has 0 aromatic carbocycles. The summed E-state index contributed by atoms with van der Waals surface area (Å²) in [6.45, 7) is 0.244. The molecule has 1 saturated carbocycles. The van der Waals surface area contributed by atoms with E-state index in [4.69, 9.17) is 5.11 Å². The highest BCUT2D eigenvalue weighted by molar-refractivity contribution is 8.02. The maximum atomic E-state index is 12.1. The van der Waals surface area contributed by atoms with Crippen molar-refractivity contribution in [2.24, 2.45) is 5.92 Å². The quantitative estimate of drug-likeness (QED) is 0.722. The van der Waals surface area contributed by atoms with E-state index in [1.54, 1.807) is 0 Å². The van der Waals surface area contributed by atoms with Crippen LogP contribution in [0.3, 0.4) is 0 Å². The maximum absolute atomic E-state index is 12.1. The highest BCUT2D eigenvalue weighted by atomic mass is 32.2. The average molecular weight is 321 g/mol. The lowest BCUT2D eigenvalue weighted by Gasteiger charge is -2.21. The zero-order chi connectivity index (χ0) is 14.8. The summed E-state index contributed by atoms with van der Waals surface area (Å²) in [5.74, 6) is -0.275. The largest absolute Gasteiger partial charge is 0.480 e. The fourth-order valence-corrected chi connectivity index (χ4v) is 5.75. The minimum Gasteiger partial charge on any atom is -0.480 e. The van der Waals surface area contributed by atoms with Crippen LogP contribution in [0.25, 0.3) is 0 Å². The van der Waals surface area contributed by atoms with Gasteiger partial charge in [-0.3, -0.25) is 9.59 Å². The summed E-state index contributed by atoms with van der Waals surface area (Å²) in [7, 11) is -2.93. The number of nitrogens with zero attached hydrogens (tertiary/aromatic N) is 1. The molecule has 0 spiro atoms. The molecule has 0 aromatic rings. The summed E-state index contributed by atoms with van der Waals surface area (Å²) in [5, 5.41) is 8.80. The number of carbonyl (C=O) groups is 2. The van der Waals surface area contributed by atoms with Crippen LogP contribution < -0.4 is 0 Å². The van der Waals surface area contributed by atoms with E-state index in [-0.39, 0.29) is 35.0 Å². The number of amides is 1. The van der Waals surface area contributed by atoms with E-state index in [1.165, 1.54) is 16.7 Å². The lowest BCUT2D eigenvalue weighted by atomic mass is 10.3. The maximum Gasteiger partial charge on any atom is 0.323 e. The van der Waals surface area contributed by atoms with Crippen LogP contribution in [0.15, 0.2) is 0 Å². The van der Waals surface area contributed by atoms with Crippen molar-refractivity contribution in [1.29, 1.82) is 0 Å². The van der Waals surface area contributed by atoms with E-state index < -0.39 is 15.8 Å². The number of carbonyl (C=O) groups excluding carboxylic acids is 1. The Morgan fingerprint density at radius 2 is 1.95 bits per heavy atom. The van der Waals surface area contributed by atoms with Gasteiger partial charge in [0.05, 0.1) is 17.3 Å². The molecule has 1 saturated heterocycles. The molecule has 0 bridgehead atoms. The third-order valence-electron chi connectivity index (χ3n) is 3.49. The predicted molar refractivity (Wildman–Crippen MR) is 76.5 cm³/mol. The summed E-state index contributed by atoms with van der Waals surface area (Å²) in [4.78, 5) is 24.2. The Hall–Kier alpha value is -0.760. The number of rotatable bonds is 7. The van der Waals surface area contributed by atoms with Gasteiger partial charge in [0.2, 0.25) is 5.91 Å². The van der Waals surface area contributed by atoms with E-state index in [1.807, 2.05) is 0 Å². The topological polar surface area (TPSA) is 91.8 Å². The number of carboxylic acids is 1. The third kappa shape index (κ3) is 4.97. The highest BCUT2D eigenvalue weighted by Crippen LogP contribution is 2.30. The predicted octanol–water partition coefficient (Wildman–Crippen LogP) is 0.230. The summed E-state index contributed by atoms with van der Waals surface area (Å²) in [6, 6.07) is 0. The third-order valence-corrected chi connectivity index (χ3v) is 6.75. The number of sulfone groups is 1. The van der Waals surface area contributed by atoms with Gasteiger partial charge >= 0.3 is 5.97 Å². The Labute approximate surface area is 122 Å². The van der Waals surface area contributed by atoms with Crippen molar-refractivity contribution >= 4 is 33.5 Å². The first-order chi connectivity index (χ1) is 9.35. The van der Waals surface area contributed by atoms with Gasteiger partial charge in [-0.25, -0.2) is 8.42 Å². The van der Waals surface area contributed by atoms with Gasteiger partial charge in [-0.2, -0.15) is 0 Å². The van der Waals surface area contributed by atoms with Crippen molar-refractivity contribution in [3.63, 3.8) is 0 Å². The van der Waals surface area contributed by atoms with Gasteiger partial charge < -0.3 is 10.0 Å². The Bertz CT molecular complexity index is 486. The van der Waals surface area contributed by atoms with Crippen LogP contribution in [0.5, 0.6) is 0 Å². The second kappa shape index (κ2) is 6.34. The van der Waals surface area contributed by atoms with Crippen molar-refractivity contribution in [3.05, 3.63) is 0 Å². The minimum atomic E-state index is -2.93. The molecule has 1 N–H and O–H groups in total. The van der Waals surface area contributed by atoms with E-state index in [0.29, 0.717) is 18.9 Å². The lowest BCUT2D eigenvalue weighted by molar-refractivity contribution is -0.143. The van der Waals surface area contributed by atoms with Crippen molar-refractivity contribution in [1.82, 2.24) is 4.90 Å². The molecule has 2 rings (SSSR count). The summed E-state index contributed by atoms with van der Waals surface area (Å²) >= 11 is 1.33. The van der Waals surface area contributed by atoms with Crippen LogP contribution in [0, 0.1) is 5.92 Å². The minimum absolute atomic E-state index is 0.0310. The molecule has 2 aliphatic rings. The molecule has 8 heteroatoms. The summed E-state index contributed by atoms with van der Waals surface area (Å²) < 4.78 is 22.7. The van der Waals surface area contributed by atoms with Crippen LogP contribution in [0.2, 0.25) is 0 Å². The first kappa shape index (κ1) is 15.6. The Morgan fingerprint density at radius 3 is 2.45 bits per heavy atom. The second-order valence-corrected chi connectivity index (χ2v) is 8.96. The number of hydrogen-bond donors (Lipinski definition) is 1. The molecule has 6 nitrogen and oxygen atoms in total. The fraction of sp³-hybridized carbons (Fsp3) is 0.833. The number of hydrogen-bond acceptors (Lipinski definition) is 5. The molecule has 1 aliphatic heterocycles. The summed E-state index contributed by atoms with van der Waals surface area (Å²) in [6.07, 6.45) is 2.69. The summed E-state index contributed by atoms with van der Waals surface area (Å²) in [5.41, 5.74) is 0. The first-order valence-electron chi connectivity index (χ1n) is 6.67. The number of aliphatic carboxylic acids is 1. The smallest absolute Gasteiger partial charge is 0.323 e. The van der Waals surface area contributed by atoms with E-state index in [9.17, 15) is 18.0 Å². The van der Waals surface area contributed by atoms with Gasteiger partial charge in [-0.05, 0) is 25.2 Å². The Balaban J connectivity index is 1.80. The molecule has 1 atom stereocenters. The number of carboxylic acid groups (broad SMARTS) is 1. The normalized spacial score (nSPS) is 24.5. The van der Waals surface area contributed by atoms with Crippen LogP contribution >= 0.6 is 11.8 Å². The van der Waals surface area contributed by atoms with Crippen molar-refractivity contribution in [2.75, 3.05) is 30.3 Å². The van der Waals surface area contributed by atoms with E-state index >= 15 is 0 Å². The van der Waals surface area contributed by atoms with Crippen molar-refractivity contribution < 1.29 is 23.1 Å². The molecule has 20 heavy (non-hydrogen) atoms. The SMILES string of the molecule is O=C(O)CN(CC1CC1)C(=O)CSC1CCS(=O)(=O)C1. The standard InChI is InChI=1S/C12H19NO5S2/c14-11(7-19-10-3-4-20(17,18)8-10)13(6-12(15)16)5-9-1-2-9/h9-10H,1-8H2,(H,15,16). The first-order valence-corrected chi connectivity index (χ1v) is 9.54. The molecule has 1 unspecified atom stereocenters. The van der Waals surface area contributed by atoms with E-state index in [0.717, 1.165) is 12.8 Å². The average Bonchev–Trinajstić information content (AvgIpc) is 3.08. The molecule has 2 fully saturated rings. The van der Waals surface area contributed by atoms with Gasteiger partial charge in [0, 0.05) is 11.8 Å². The molecule has 1 heterocycles. The van der Waals surface area contributed by atoms with Gasteiger partial charge in [0.25, 0.3) is 0 Å². The van der Waals surface area contributed by atoms with E-state index in [2.05, 4.69) is 0 Å². The molecule has 114 valence electrons. The van der Waals surface area contributed by atoms with Gasteiger partial charge in [-0.1, -0.05) is 0 Å². The number of thioether (sulfide) groups is 1. The van der Waals surface area contributed by atoms with Crippen molar-refractivity contribution in [2.45, 2.75) is 24.5 Å². The monoisotopic (exact) mass is 321 g/mol. The van der Waals surface area contributed by atoms with Crippen LogP contribution in [0.4, 0.5) is 0 Å². The van der Waals surface area contributed by atoms with Crippen molar-refractivity contribution in [3.8, 4) is 0 Å². The zero-order valence-electron chi connectivity index (χ0n) is 11.2. The van der Waals surface area contributed by atoms with Crippen LogP contribution in [-0.2, 0) is 19.4 Å². The highest BCUT2D eigenvalue weighted by Gasteiger charge is 2.31. The Morgan fingerprint density at radius 1 is 1.25 bits per heavy atom. The second-order valence-electron chi connectivity index (χ2n) is 5.45. The molecule has 1 amide bonds. The Kier molecular flexibility index (Phi) is 4.95. The van der Waals surface area contributed by atoms with Gasteiger partial charge in [0.1, 0.15) is 6.54 Å². The zero-order valence-corrected chi connectivity index (χ0v) is 12.8. The van der Waals surface area contributed by atoms with Gasteiger partial charge in [-0.15, -0.1) is 11.8 Å². The van der Waals surface area contributed by atoms with Crippen LogP contribution in [-0.4, -0.2) is 65.9 Å². The molecular weight excluding hydrogens is 302 g/mol. The molecule has 0 aromatic heterocycles.